The Morgan fingerprint density at radius 2 is 2.05 bits per heavy atom. The third-order valence-electron chi connectivity index (χ3n) is 3.43. The van der Waals surface area contributed by atoms with Crippen molar-refractivity contribution in [2.75, 3.05) is 0 Å². The second kappa shape index (κ2) is 4.31. The molecule has 98 valence electrons. The molecule has 0 unspecified atom stereocenters. The van der Waals surface area contributed by atoms with Crippen LogP contribution in [-0.4, -0.2) is 16.6 Å². The summed E-state index contributed by atoms with van der Waals surface area (Å²) in [5.74, 6) is -0.0810. The number of fused-ring (bicyclic) bond motifs is 3. The zero-order valence-electron chi connectivity index (χ0n) is 10.5. The lowest BCUT2D eigenvalue weighted by atomic mass is 10.0. The summed E-state index contributed by atoms with van der Waals surface area (Å²) in [6.07, 6.45) is 0.345. The third-order valence-corrected chi connectivity index (χ3v) is 4.31. The number of carbonyl (C=O) groups is 1. The molecule has 0 spiro atoms. The number of rotatable bonds is 1. The molecule has 1 aliphatic rings. The largest absolute Gasteiger partial charge is 0.353 e. The highest BCUT2D eigenvalue weighted by Gasteiger charge is 2.23. The maximum Gasteiger partial charge on any atom is 0.244 e. The SMILES string of the molecule is O=C1Cc2c([nH]c3ccccc23)C(c2cccs2)=NN1. The molecular formula is C15H11N3OS. The summed E-state index contributed by atoms with van der Waals surface area (Å²) < 4.78 is 0. The van der Waals surface area contributed by atoms with Crippen molar-refractivity contribution in [3.8, 4) is 0 Å². The van der Waals surface area contributed by atoms with Gasteiger partial charge in [-0.3, -0.25) is 4.79 Å². The Labute approximate surface area is 119 Å². The maximum absolute atomic E-state index is 11.9. The van der Waals surface area contributed by atoms with E-state index in [1.807, 2.05) is 41.8 Å². The number of nitrogens with one attached hydrogen (secondary N) is 2. The van der Waals surface area contributed by atoms with Crippen LogP contribution in [0.5, 0.6) is 0 Å². The van der Waals surface area contributed by atoms with E-state index in [1.54, 1.807) is 11.3 Å². The smallest absolute Gasteiger partial charge is 0.244 e. The number of para-hydroxylation sites is 1. The molecule has 0 aliphatic carbocycles. The summed E-state index contributed by atoms with van der Waals surface area (Å²) in [6.45, 7) is 0. The lowest BCUT2D eigenvalue weighted by Gasteiger charge is -2.00. The van der Waals surface area contributed by atoms with Gasteiger partial charge in [0.2, 0.25) is 5.91 Å². The highest BCUT2D eigenvalue weighted by atomic mass is 32.1. The maximum atomic E-state index is 11.9. The predicted octanol–water partition coefficient (Wildman–Crippen LogP) is 2.65. The van der Waals surface area contributed by atoms with Crippen LogP contribution in [0.25, 0.3) is 10.9 Å². The van der Waals surface area contributed by atoms with Gasteiger partial charge in [-0.05, 0) is 23.1 Å². The molecule has 0 fully saturated rings. The molecular weight excluding hydrogens is 270 g/mol. The summed E-state index contributed by atoms with van der Waals surface area (Å²) in [6, 6.07) is 12.0. The van der Waals surface area contributed by atoms with E-state index in [9.17, 15) is 4.79 Å². The van der Waals surface area contributed by atoms with Crippen molar-refractivity contribution in [1.29, 1.82) is 0 Å². The predicted molar refractivity (Wildman–Crippen MR) is 80.1 cm³/mol. The average molecular weight is 281 g/mol. The lowest BCUT2D eigenvalue weighted by molar-refractivity contribution is -0.120. The molecule has 3 aromatic rings. The highest BCUT2D eigenvalue weighted by Crippen LogP contribution is 2.27. The summed E-state index contributed by atoms with van der Waals surface area (Å²) in [5, 5.41) is 7.37. The van der Waals surface area contributed by atoms with Crippen LogP contribution in [0.2, 0.25) is 0 Å². The molecule has 5 heteroatoms. The summed E-state index contributed by atoms with van der Waals surface area (Å²) in [4.78, 5) is 16.3. The molecule has 0 bridgehead atoms. The van der Waals surface area contributed by atoms with Crippen molar-refractivity contribution in [2.24, 2.45) is 5.10 Å². The van der Waals surface area contributed by atoms with Crippen LogP contribution in [0.4, 0.5) is 0 Å². The minimum absolute atomic E-state index is 0.0810. The average Bonchev–Trinajstić information content (AvgIpc) is 3.06. The second-order valence-electron chi connectivity index (χ2n) is 4.67. The molecule has 1 amide bonds. The zero-order chi connectivity index (χ0) is 13.5. The number of aromatic amines is 1. The van der Waals surface area contributed by atoms with E-state index >= 15 is 0 Å². The van der Waals surface area contributed by atoms with Gasteiger partial charge >= 0.3 is 0 Å². The number of benzene rings is 1. The number of hydrogen-bond donors (Lipinski definition) is 2. The second-order valence-corrected chi connectivity index (χ2v) is 5.62. The van der Waals surface area contributed by atoms with E-state index in [2.05, 4.69) is 15.5 Å². The first-order valence-electron chi connectivity index (χ1n) is 6.33. The van der Waals surface area contributed by atoms with Crippen molar-refractivity contribution in [3.05, 3.63) is 57.9 Å². The van der Waals surface area contributed by atoms with Crippen LogP contribution in [0.1, 0.15) is 16.1 Å². The molecule has 0 atom stereocenters. The van der Waals surface area contributed by atoms with Crippen molar-refractivity contribution >= 4 is 33.9 Å². The van der Waals surface area contributed by atoms with Gasteiger partial charge < -0.3 is 4.98 Å². The molecule has 0 saturated heterocycles. The fourth-order valence-corrected chi connectivity index (χ4v) is 3.27. The van der Waals surface area contributed by atoms with Crippen LogP contribution in [0, 0.1) is 0 Å². The highest BCUT2D eigenvalue weighted by molar-refractivity contribution is 7.12. The Balaban J connectivity index is 2.02. The fourth-order valence-electron chi connectivity index (χ4n) is 2.55. The van der Waals surface area contributed by atoms with Gasteiger partial charge in [-0.1, -0.05) is 24.3 Å². The number of hydrogen-bond acceptors (Lipinski definition) is 3. The van der Waals surface area contributed by atoms with Gasteiger partial charge in [0.15, 0.2) is 0 Å². The van der Waals surface area contributed by atoms with Gasteiger partial charge in [-0.15, -0.1) is 11.3 Å². The van der Waals surface area contributed by atoms with E-state index in [0.29, 0.717) is 6.42 Å². The first-order valence-corrected chi connectivity index (χ1v) is 7.21. The standard InChI is InChI=1S/C15H11N3OS/c19-13-8-10-9-4-1-2-5-11(9)16-14(10)15(18-17-13)12-6-3-7-20-12/h1-7,16H,8H2,(H,17,19). The van der Waals surface area contributed by atoms with Crippen molar-refractivity contribution in [3.63, 3.8) is 0 Å². The van der Waals surface area contributed by atoms with Crippen molar-refractivity contribution < 1.29 is 4.79 Å². The van der Waals surface area contributed by atoms with Crippen molar-refractivity contribution in [2.45, 2.75) is 6.42 Å². The number of nitrogens with zero attached hydrogens (tertiary/aromatic N) is 1. The van der Waals surface area contributed by atoms with Crippen LogP contribution in [0.15, 0.2) is 46.9 Å². The molecule has 4 nitrogen and oxygen atoms in total. The number of thiophene rings is 1. The fraction of sp³-hybridized carbons (Fsp3) is 0.0667. The molecule has 0 radical (unpaired) electrons. The molecule has 4 rings (SSSR count). The van der Waals surface area contributed by atoms with E-state index < -0.39 is 0 Å². The number of amides is 1. The van der Waals surface area contributed by atoms with Crippen molar-refractivity contribution in [1.82, 2.24) is 10.4 Å². The summed E-state index contributed by atoms with van der Waals surface area (Å²) in [7, 11) is 0. The molecule has 1 aromatic carbocycles. The lowest BCUT2D eigenvalue weighted by Crippen LogP contribution is -2.18. The quantitative estimate of drug-likeness (QED) is 0.708. The zero-order valence-corrected chi connectivity index (χ0v) is 11.3. The van der Waals surface area contributed by atoms with E-state index in [0.717, 1.165) is 32.7 Å². The summed E-state index contributed by atoms with van der Waals surface area (Å²) in [5.41, 5.74) is 6.41. The Morgan fingerprint density at radius 1 is 1.15 bits per heavy atom. The van der Waals surface area contributed by atoms with Crippen LogP contribution < -0.4 is 5.43 Å². The Kier molecular flexibility index (Phi) is 2.47. The molecule has 2 aromatic heterocycles. The first kappa shape index (κ1) is 11.4. The van der Waals surface area contributed by atoms with Gasteiger partial charge in [0.25, 0.3) is 0 Å². The van der Waals surface area contributed by atoms with E-state index in [1.165, 1.54) is 0 Å². The van der Waals surface area contributed by atoms with Gasteiger partial charge in [0.05, 0.1) is 17.0 Å². The van der Waals surface area contributed by atoms with Gasteiger partial charge in [0, 0.05) is 10.9 Å². The molecule has 3 heterocycles. The van der Waals surface area contributed by atoms with Gasteiger partial charge in [-0.25, -0.2) is 5.43 Å². The number of hydrazone groups is 1. The monoisotopic (exact) mass is 281 g/mol. The minimum atomic E-state index is -0.0810. The molecule has 2 N–H and O–H groups in total. The van der Waals surface area contributed by atoms with E-state index in [4.69, 9.17) is 0 Å². The topological polar surface area (TPSA) is 57.2 Å². The van der Waals surface area contributed by atoms with Gasteiger partial charge in [-0.2, -0.15) is 5.10 Å². The molecule has 20 heavy (non-hydrogen) atoms. The molecule has 0 saturated carbocycles. The van der Waals surface area contributed by atoms with Crippen LogP contribution in [0.3, 0.4) is 0 Å². The van der Waals surface area contributed by atoms with E-state index in [-0.39, 0.29) is 5.91 Å². The first-order chi connectivity index (χ1) is 9.83. The Bertz CT molecular complexity index is 830. The molecule has 1 aliphatic heterocycles. The normalized spacial score (nSPS) is 14.6. The van der Waals surface area contributed by atoms with Crippen LogP contribution >= 0.6 is 11.3 Å². The number of carbonyl (C=O) groups excluding carboxylic acids is 1. The summed E-state index contributed by atoms with van der Waals surface area (Å²) >= 11 is 1.61. The third kappa shape index (κ3) is 1.67. The van der Waals surface area contributed by atoms with Gasteiger partial charge in [0.1, 0.15) is 5.71 Å². The minimum Gasteiger partial charge on any atom is -0.353 e. The Morgan fingerprint density at radius 3 is 2.90 bits per heavy atom. The Hall–Kier alpha value is -2.40. The van der Waals surface area contributed by atoms with Crippen LogP contribution in [-0.2, 0) is 11.2 Å². The number of H-pyrrole nitrogens is 1. The number of aromatic nitrogens is 1.